The molecule has 2 aromatic rings. The number of amides is 1. The molecule has 0 spiro atoms. The fraction of sp³-hybridized carbons (Fsp3) is 0.222. The first-order valence-electron chi connectivity index (χ1n) is 8.85. The molecule has 32 heavy (non-hydrogen) atoms. The SMILES string of the molecule is C[C@](C#N)(COc1ccc2c(c1Cl)B(O)OC2)NC(=O)c1ccc(S(F)(F)(F)(F)F)cc1. The first-order chi connectivity index (χ1) is 14.5. The number of hydrogen-bond donors (Lipinski definition) is 2. The molecule has 0 bridgehead atoms. The Balaban J connectivity index is 1.73. The highest BCUT2D eigenvalue weighted by Gasteiger charge is 2.65. The van der Waals surface area contributed by atoms with E-state index in [4.69, 9.17) is 21.0 Å². The molecule has 3 rings (SSSR count). The van der Waals surface area contributed by atoms with Crippen molar-refractivity contribution in [1.82, 2.24) is 5.32 Å². The summed E-state index contributed by atoms with van der Waals surface area (Å²) in [4.78, 5) is 10.2. The first kappa shape index (κ1) is 24.1. The highest BCUT2D eigenvalue weighted by molar-refractivity contribution is 8.45. The molecule has 0 saturated heterocycles. The second-order valence-electron chi connectivity index (χ2n) is 7.29. The molecule has 1 atom stereocenters. The number of nitriles is 1. The molecule has 0 unspecified atom stereocenters. The molecular weight excluding hydrogens is 482 g/mol. The third-order valence-electron chi connectivity index (χ3n) is 4.59. The fourth-order valence-electron chi connectivity index (χ4n) is 2.87. The summed E-state index contributed by atoms with van der Waals surface area (Å²) in [6, 6.07) is 6.28. The van der Waals surface area contributed by atoms with Gasteiger partial charge < -0.3 is 19.7 Å². The lowest BCUT2D eigenvalue weighted by Gasteiger charge is -2.40. The van der Waals surface area contributed by atoms with Crippen LogP contribution in [0.1, 0.15) is 22.8 Å². The van der Waals surface area contributed by atoms with Gasteiger partial charge in [0.05, 0.1) is 17.7 Å². The minimum absolute atomic E-state index is 0.0608. The van der Waals surface area contributed by atoms with E-state index in [1.807, 2.05) is 6.07 Å². The van der Waals surface area contributed by atoms with Crippen molar-refractivity contribution in [3.8, 4) is 11.8 Å². The molecule has 0 radical (unpaired) electrons. The number of nitrogens with zero attached hydrogens (tertiary/aromatic N) is 1. The number of nitrogens with one attached hydrogen (secondary N) is 1. The van der Waals surface area contributed by atoms with Crippen LogP contribution >= 0.6 is 21.8 Å². The van der Waals surface area contributed by atoms with E-state index in [0.29, 0.717) is 23.2 Å². The molecule has 0 fully saturated rings. The molecule has 1 amide bonds. The molecule has 14 heteroatoms. The maximum atomic E-state index is 12.8. The van der Waals surface area contributed by atoms with Gasteiger partial charge in [0, 0.05) is 11.0 Å². The summed E-state index contributed by atoms with van der Waals surface area (Å²) in [7, 11) is -11.1. The highest BCUT2D eigenvalue weighted by Crippen LogP contribution is 3.02. The zero-order valence-corrected chi connectivity index (χ0v) is 17.8. The largest absolute Gasteiger partial charge is 0.493 e. The van der Waals surface area contributed by atoms with Gasteiger partial charge in [0.2, 0.25) is 0 Å². The summed E-state index contributed by atoms with van der Waals surface area (Å²) in [6.45, 7) is 1.02. The van der Waals surface area contributed by atoms with E-state index in [9.17, 15) is 34.5 Å². The summed E-state index contributed by atoms with van der Waals surface area (Å²) in [5, 5.41) is 21.6. The van der Waals surface area contributed by atoms with Crippen LogP contribution < -0.4 is 15.5 Å². The van der Waals surface area contributed by atoms with Gasteiger partial charge in [-0.25, -0.2) is 0 Å². The summed E-state index contributed by atoms with van der Waals surface area (Å²) in [5.74, 6) is -0.874. The van der Waals surface area contributed by atoms with Crippen molar-refractivity contribution >= 4 is 40.3 Å². The maximum Gasteiger partial charge on any atom is 0.493 e. The first-order valence-corrected chi connectivity index (χ1v) is 11.2. The third kappa shape index (κ3) is 5.10. The summed E-state index contributed by atoms with van der Waals surface area (Å²) >= 11 is 6.21. The van der Waals surface area contributed by atoms with Gasteiger partial charge in [0.25, 0.3) is 5.91 Å². The van der Waals surface area contributed by atoms with Gasteiger partial charge in [-0.1, -0.05) is 37.1 Å². The zero-order chi connectivity index (χ0) is 24.0. The lowest BCUT2D eigenvalue weighted by molar-refractivity contribution is 0.0901. The van der Waals surface area contributed by atoms with Gasteiger partial charge >= 0.3 is 17.3 Å². The van der Waals surface area contributed by atoms with Gasteiger partial charge in [-0.2, -0.15) is 5.26 Å². The number of benzene rings is 2. The minimum atomic E-state index is -9.87. The van der Waals surface area contributed by atoms with Crippen molar-refractivity contribution in [2.75, 3.05) is 6.61 Å². The number of hydrogen-bond acceptors (Lipinski definition) is 5. The van der Waals surface area contributed by atoms with Crippen molar-refractivity contribution in [1.29, 1.82) is 5.26 Å². The van der Waals surface area contributed by atoms with E-state index >= 15 is 0 Å². The Labute approximate surface area is 184 Å². The fourth-order valence-corrected chi connectivity index (χ4v) is 3.86. The maximum absolute atomic E-state index is 12.8. The van der Waals surface area contributed by atoms with Crippen LogP contribution in [0.4, 0.5) is 19.4 Å². The van der Waals surface area contributed by atoms with Crippen LogP contribution in [-0.2, 0) is 11.3 Å². The van der Waals surface area contributed by atoms with Crippen molar-refractivity contribution in [3.05, 3.63) is 52.5 Å². The number of ether oxygens (including phenoxy) is 1. The zero-order valence-electron chi connectivity index (χ0n) is 16.3. The van der Waals surface area contributed by atoms with Crippen LogP contribution in [0.3, 0.4) is 0 Å². The van der Waals surface area contributed by atoms with E-state index in [1.54, 1.807) is 6.07 Å². The Morgan fingerprint density at radius 2 is 1.91 bits per heavy atom. The molecule has 2 N–H and O–H groups in total. The van der Waals surface area contributed by atoms with Crippen molar-refractivity contribution in [2.24, 2.45) is 0 Å². The van der Waals surface area contributed by atoms with E-state index < -0.39 is 40.3 Å². The van der Waals surface area contributed by atoms with Crippen LogP contribution in [-0.4, -0.2) is 30.2 Å². The smallest absolute Gasteiger partial charge is 0.488 e. The van der Waals surface area contributed by atoms with E-state index in [1.165, 1.54) is 13.0 Å². The summed E-state index contributed by atoms with van der Waals surface area (Å²) in [5.41, 5.74) is -1.06. The molecule has 1 heterocycles. The highest BCUT2D eigenvalue weighted by atomic mass is 35.5. The average Bonchev–Trinajstić information content (AvgIpc) is 3.07. The number of halogens is 6. The van der Waals surface area contributed by atoms with Crippen LogP contribution in [0.15, 0.2) is 41.3 Å². The second-order valence-corrected chi connectivity index (χ2v) is 10.1. The molecule has 1 aliphatic rings. The Morgan fingerprint density at radius 1 is 1.28 bits per heavy atom. The van der Waals surface area contributed by atoms with Crippen molar-refractivity contribution < 1.29 is 38.6 Å². The molecular formula is C18H15BClF5N2O4S. The van der Waals surface area contributed by atoms with Gasteiger partial charge in [0.1, 0.15) is 17.3 Å². The van der Waals surface area contributed by atoms with Gasteiger partial charge in [0.15, 0.2) is 5.54 Å². The molecule has 1 aliphatic heterocycles. The molecule has 2 aromatic carbocycles. The van der Waals surface area contributed by atoms with Gasteiger partial charge in [-0.15, -0.1) is 0 Å². The topological polar surface area (TPSA) is 91.6 Å². The Kier molecular flexibility index (Phi) is 5.46. The van der Waals surface area contributed by atoms with Crippen LogP contribution in [0.2, 0.25) is 5.02 Å². The number of carbonyl (C=O) groups is 1. The standard InChI is InChI=1S/C18H15BClF5N2O4S/c1-18(9-26,10-30-14-7-4-12-8-31-19(29)15(12)16(14)20)27-17(28)11-2-5-13(6-3-11)32(21,22,23,24)25/h2-7,29H,8,10H2,1H3,(H,27,28)/t18-/m0/s1. The molecule has 6 nitrogen and oxygen atoms in total. The van der Waals surface area contributed by atoms with Crippen LogP contribution in [0.25, 0.3) is 0 Å². The number of rotatable bonds is 6. The number of carbonyl (C=O) groups excluding carboxylic acids is 1. The Bertz CT molecular complexity index is 1130. The van der Waals surface area contributed by atoms with Crippen molar-refractivity contribution in [2.45, 2.75) is 24.0 Å². The van der Waals surface area contributed by atoms with Crippen molar-refractivity contribution in [3.63, 3.8) is 0 Å². The molecule has 0 aliphatic carbocycles. The van der Waals surface area contributed by atoms with Gasteiger partial charge in [-0.3, -0.25) is 4.79 Å². The molecule has 172 valence electrons. The predicted octanol–water partition coefficient (Wildman–Crippen LogP) is 4.31. The van der Waals surface area contributed by atoms with E-state index in [2.05, 4.69) is 5.32 Å². The molecule has 0 saturated carbocycles. The second kappa shape index (κ2) is 7.24. The van der Waals surface area contributed by atoms with Gasteiger partial charge in [-0.05, 0) is 42.8 Å². The normalized spacial score (nSPS) is 17.4. The Hall–Kier alpha value is -2.53. The summed E-state index contributed by atoms with van der Waals surface area (Å²) in [6.07, 6.45) is 0. The predicted molar refractivity (Wildman–Crippen MR) is 109 cm³/mol. The van der Waals surface area contributed by atoms with Crippen LogP contribution in [0.5, 0.6) is 5.75 Å². The van der Waals surface area contributed by atoms with E-state index in [0.717, 1.165) is 0 Å². The number of fused-ring (bicyclic) bond motifs is 1. The lowest BCUT2D eigenvalue weighted by atomic mass is 9.79. The average molecular weight is 497 g/mol. The van der Waals surface area contributed by atoms with Crippen LogP contribution in [0, 0.1) is 11.3 Å². The Morgan fingerprint density at radius 3 is 2.47 bits per heavy atom. The lowest BCUT2D eigenvalue weighted by Crippen LogP contribution is -2.49. The minimum Gasteiger partial charge on any atom is -0.488 e. The third-order valence-corrected chi connectivity index (χ3v) is 6.15. The monoisotopic (exact) mass is 496 g/mol. The van der Waals surface area contributed by atoms with E-state index in [-0.39, 0.29) is 35.1 Å². The quantitative estimate of drug-likeness (QED) is 0.459. The molecule has 0 aromatic heterocycles. The summed E-state index contributed by atoms with van der Waals surface area (Å²) < 4.78 is 74.6.